The monoisotopic (exact) mass is 2170 g/mol. The molecule has 0 aromatic heterocycles. The quantitative estimate of drug-likeness (QED) is 0.0211. The molecule has 0 unspecified atom stereocenters. The van der Waals surface area contributed by atoms with Crippen molar-refractivity contribution < 1.29 is 138 Å². The second kappa shape index (κ2) is 55.0. The van der Waals surface area contributed by atoms with E-state index < -0.39 is 261 Å². The van der Waals surface area contributed by atoms with E-state index in [-0.39, 0.29) is 81.6 Å². The van der Waals surface area contributed by atoms with Crippen LogP contribution < -0.4 is 74.4 Å². The lowest BCUT2D eigenvalue weighted by Crippen LogP contribution is -2.69. The van der Waals surface area contributed by atoms with Crippen LogP contribution in [0, 0.1) is 0 Å². The lowest BCUT2D eigenvalue weighted by Gasteiger charge is -2.50. The average molecular weight is 2170 g/mol. The number of aliphatic hydroxyl groups excluding tert-OH is 14. The first kappa shape index (κ1) is 112. The molecule has 21 aliphatic heterocycles. The maximum atomic E-state index is 12.9. The van der Waals surface area contributed by atoms with Crippen LogP contribution in [0.2, 0.25) is 0 Å². The topological polar surface area (TPSA) is 581 Å². The molecule has 147 heavy (non-hydrogen) atoms. The Morgan fingerprint density at radius 3 is 0.374 bits per heavy atom. The minimum absolute atomic E-state index is 0.0272. The van der Waals surface area contributed by atoms with Gasteiger partial charge in [0.2, 0.25) is 0 Å². The van der Waals surface area contributed by atoms with Gasteiger partial charge in [0, 0.05) is 91.6 Å². The normalized spacial score (nSPS) is 33.9. The summed E-state index contributed by atoms with van der Waals surface area (Å²) >= 11 is 40.7. The lowest BCUT2D eigenvalue weighted by atomic mass is 9.94. The fraction of sp³-hybridized carbons (Fsp3) is 0.500. The Morgan fingerprint density at radius 2 is 0.265 bits per heavy atom. The molecule has 49 heteroatoms. The van der Waals surface area contributed by atoms with E-state index in [0.717, 1.165) is 38.9 Å². The smallest absolute Gasteiger partial charge is 0.187 e. The standard InChI is InChI=1S/C98H126N14O28S7/c113-64-71(120)85-127-57(43-106-92(141)99-36-50-22-8-1-9-23-50)78(64)134-86-72(121)65(114)80(59(128-86)45-108-94(143)101-38-52-26-12-3-13-27-52)136-88-74(123)67(116)82(61(130-88)47-110-96(145)103-40-54-30-16-5-17-31-54)138-90-76(125)69(118)84(63(132-90)49-112-98(147)105-42-56-34-20-7-21-35-56)140-91-77(126)70(119)83(62(133-91)48-111-97(146)104-41-55-32-18-6-19-33-55)139-89-75(124)68(117)81(60(131-89)46-109-95(144)102-39-53-28-14-4-15-29-53)137-87-73(122)66(115)79(135-85)58(129-87)44-107-93(142)100-37-51-24-10-2-11-25-51/h1-35,57-91,113-126H,36-49H2,(H2,99,106,141)(H2,100,107,142)(H2,101,108,143)(H2,102,109,144)(H2,103,110,145)(H2,104,111,146)(H2,105,112,147)/t57-,58-,59-,60-,61-,62-,63-,64-,65-,66-,67-,68-,69-,70-,71-,72-,73-,74-,75-,76-,77-,78-,79-,80-,81-,82-,83-,84-,85-,86-,87-,88-,89-,90-,91-/m1/s1. The van der Waals surface area contributed by atoms with Crippen molar-refractivity contribution in [2.24, 2.45) is 0 Å². The molecule has 21 aliphatic rings. The van der Waals surface area contributed by atoms with E-state index in [1.165, 1.54) is 0 Å². The molecule has 28 N–H and O–H groups in total. The van der Waals surface area contributed by atoms with Crippen LogP contribution in [0.3, 0.4) is 0 Å². The summed E-state index contributed by atoms with van der Waals surface area (Å²) in [5, 5.41) is 222. The first-order valence-corrected chi connectivity index (χ1v) is 51.0. The van der Waals surface area contributed by atoms with Gasteiger partial charge in [0.05, 0.1) is 0 Å². The molecule has 0 spiro atoms. The highest BCUT2D eigenvalue weighted by Crippen LogP contribution is 2.40. The van der Waals surface area contributed by atoms with Crippen LogP contribution in [-0.2, 0) is 112 Å². The van der Waals surface area contributed by atoms with Gasteiger partial charge in [-0.2, -0.15) is 0 Å². The molecule has 7 aromatic carbocycles. The van der Waals surface area contributed by atoms with E-state index in [9.17, 15) is 71.5 Å². The summed E-state index contributed by atoms with van der Waals surface area (Å²) in [5.41, 5.74) is 5.77. The minimum Gasteiger partial charge on any atom is -0.387 e. The SMILES string of the molecule is O[C@@H]1[C@@H](O)[C@H]2O[C@H]3[C@H](O)[C@@H](O)[C@@H](O[C@H]4[C@H](O)[C@@H](O)[C@@H](O[C@H]5[C@H](O)[C@@H](O)[C@@H](O[C@H]6[C@H](O)[C@@H](O)[C@@H](O[C@H]7[C@H](O)[C@@H](O)[C@@H](O[C@H]8[C@H](O)[C@@H](O)[C@@H](O[C@@H]1[C@@H](CNC(=S)NCc1ccccc1)O2)O[C@@H]8CNC(=S)NCc1ccccc1)O[C@@H]7CNC(=S)NCc1ccccc1)O[C@@H]6CNC(=S)NCc1ccccc1)O[C@@H]5CNC(=S)NCc1ccccc1)O[C@@H]4CNC(=S)NCc1ccccc1)O[C@@H]3CNC(=S)NCc1ccccc1. The molecule has 0 amide bonds. The van der Waals surface area contributed by atoms with Gasteiger partial charge in [-0.3, -0.25) is 0 Å². The van der Waals surface area contributed by atoms with Crippen LogP contribution in [0.4, 0.5) is 0 Å². The molecule has 21 saturated heterocycles. The Kier molecular flexibility index (Phi) is 42.0. The summed E-state index contributed by atoms with van der Waals surface area (Å²) in [6, 6.07) is 64.4. The molecule has 0 radical (unpaired) electrons. The van der Waals surface area contributed by atoms with Crippen molar-refractivity contribution in [3.05, 3.63) is 251 Å². The second-order valence-corrected chi connectivity index (χ2v) is 39.1. The lowest BCUT2D eigenvalue weighted by molar-refractivity contribution is -0.391. The zero-order valence-corrected chi connectivity index (χ0v) is 84.9. The zero-order chi connectivity index (χ0) is 104. The summed E-state index contributed by atoms with van der Waals surface area (Å²) in [5.74, 6) is 0. The van der Waals surface area contributed by atoms with E-state index in [4.69, 9.17) is 152 Å². The Labute approximate surface area is 885 Å². The number of hydrogen-bond donors (Lipinski definition) is 28. The van der Waals surface area contributed by atoms with E-state index in [2.05, 4.69) is 74.4 Å². The highest BCUT2D eigenvalue weighted by molar-refractivity contribution is 7.81. The number of nitrogens with one attached hydrogen (secondary N) is 14. The first-order chi connectivity index (χ1) is 71.0. The molecule has 21 heterocycles. The highest BCUT2D eigenvalue weighted by Gasteiger charge is 2.60. The van der Waals surface area contributed by atoms with Crippen LogP contribution in [-0.4, -0.2) is 368 Å². The van der Waals surface area contributed by atoms with Crippen LogP contribution in [0.5, 0.6) is 0 Å². The fourth-order valence-corrected chi connectivity index (χ4v) is 18.9. The van der Waals surface area contributed by atoms with Gasteiger partial charge in [0.15, 0.2) is 79.8 Å². The molecule has 21 fully saturated rings. The number of thiocarbonyl (C=S) groups is 7. The Balaban J connectivity index is 0.802. The Morgan fingerprint density at radius 1 is 0.156 bits per heavy atom. The van der Waals surface area contributed by atoms with Gasteiger partial charge in [0.25, 0.3) is 0 Å². The summed E-state index contributed by atoms with van der Waals surface area (Å²) in [4.78, 5) is 0. The Hall–Kier alpha value is -8.75. The molecular formula is C98H126N14O28S7. The second-order valence-electron chi connectivity index (χ2n) is 36.2. The van der Waals surface area contributed by atoms with Crippen molar-refractivity contribution >= 4 is 121 Å². The first-order valence-electron chi connectivity index (χ1n) is 48.1. The molecule has 0 aliphatic carbocycles. The predicted molar refractivity (Wildman–Crippen MR) is 556 cm³/mol. The number of benzene rings is 7. The minimum atomic E-state index is -2.24. The largest absolute Gasteiger partial charge is 0.387 e. The van der Waals surface area contributed by atoms with Crippen molar-refractivity contribution in [2.75, 3.05) is 45.8 Å². The van der Waals surface area contributed by atoms with Crippen LogP contribution >= 0.6 is 85.5 Å². The van der Waals surface area contributed by atoms with Crippen molar-refractivity contribution in [3.63, 3.8) is 0 Å². The maximum absolute atomic E-state index is 12.9. The van der Waals surface area contributed by atoms with Crippen molar-refractivity contribution in [1.82, 2.24) is 74.4 Å². The van der Waals surface area contributed by atoms with Gasteiger partial charge >= 0.3 is 0 Å². The number of rotatable bonds is 28. The summed E-state index contributed by atoms with van der Waals surface area (Å²) in [6.07, 6.45) is -69.5. The third-order valence-electron chi connectivity index (χ3n) is 25.8. The number of aliphatic hydroxyl groups is 14. The Bertz CT molecular complexity index is 4410. The maximum Gasteiger partial charge on any atom is 0.187 e. The van der Waals surface area contributed by atoms with E-state index in [0.29, 0.717) is 0 Å². The predicted octanol–water partition coefficient (Wildman–Crippen LogP) is -3.53. The van der Waals surface area contributed by atoms with Gasteiger partial charge < -0.3 is 212 Å². The van der Waals surface area contributed by atoms with Crippen LogP contribution in [0.1, 0.15) is 38.9 Å². The van der Waals surface area contributed by atoms with Gasteiger partial charge in [-0.1, -0.05) is 212 Å². The number of ether oxygens (including phenoxy) is 14. The van der Waals surface area contributed by atoms with Crippen molar-refractivity contribution in [1.29, 1.82) is 0 Å². The third-order valence-corrected chi connectivity index (χ3v) is 27.9. The summed E-state index contributed by atoms with van der Waals surface area (Å²) < 4.78 is 92.8. The molecule has 798 valence electrons. The van der Waals surface area contributed by atoms with Crippen LogP contribution in [0.25, 0.3) is 0 Å². The molecule has 35 atom stereocenters. The highest BCUT2D eigenvalue weighted by atomic mass is 32.1. The van der Waals surface area contributed by atoms with E-state index >= 15 is 0 Å². The third kappa shape index (κ3) is 30.9. The van der Waals surface area contributed by atoms with Crippen LogP contribution in [0.15, 0.2) is 212 Å². The van der Waals surface area contributed by atoms with E-state index in [1.807, 2.05) is 212 Å². The zero-order valence-electron chi connectivity index (χ0n) is 79.1. The van der Waals surface area contributed by atoms with Gasteiger partial charge in [0.1, 0.15) is 171 Å². The molecule has 14 bridgehead atoms. The average Bonchev–Trinajstić information content (AvgIpc) is 0.906. The molecule has 0 saturated carbocycles. The molecule has 7 aromatic rings. The summed E-state index contributed by atoms with van der Waals surface area (Å²) in [6.45, 7) is -1.61. The number of hydrogen-bond acceptors (Lipinski definition) is 35. The van der Waals surface area contributed by atoms with Crippen molar-refractivity contribution in [3.8, 4) is 0 Å². The van der Waals surface area contributed by atoms with Gasteiger partial charge in [-0.15, -0.1) is 0 Å². The fourth-order valence-electron chi connectivity index (χ4n) is 17.8. The molecule has 42 nitrogen and oxygen atoms in total. The van der Waals surface area contributed by atoms with Gasteiger partial charge in [-0.25, -0.2) is 0 Å². The van der Waals surface area contributed by atoms with Crippen molar-refractivity contribution in [2.45, 2.75) is 261 Å². The molecular weight excluding hydrogens is 2050 g/mol. The summed E-state index contributed by atoms with van der Waals surface area (Å²) in [7, 11) is 0. The van der Waals surface area contributed by atoms with E-state index in [1.54, 1.807) is 0 Å². The molecule has 28 rings (SSSR count). The van der Waals surface area contributed by atoms with Gasteiger partial charge in [-0.05, 0) is 124 Å².